The zero-order valence-corrected chi connectivity index (χ0v) is 23.7. The lowest BCUT2D eigenvalue weighted by Crippen LogP contribution is -2.53. The predicted octanol–water partition coefficient (Wildman–Crippen LogP) is 4.22. The molecule has 39 heavy (non-hydrogen) atoms. The van der Waals surface area contributed by atoms with Gasteiger partial charge < -0.3 is 25.3 Å². The first-order chi connectivity index (χ1) is 19.1. The number of benzene rings is 3. The maximum atomic E-state index is 9.48. The first kappa shape index (κ1) is 29.1. The molecule has 0 aromatic heterocycles. The number of para-hydroxylation sites is 2. The summed E-state index contributed by atoms with van der Waals surface area (Å²) >= 11 is 0. The van der Waals surface area contributed by atoms with Crippen molar-refractivity contribution in [2.75, 3.05) is 62.3 Å². The lowest BCUT2D eigenvalue weighted by Gasteiger charge is -2.43. The zero-order chi connectivity index (χ0) is 27.5. The van der Waals surface area contributed by atoms with Crippen LogP contribution in [-0.2, 0) is 6.54 Å². The molecular formula is C33H46N4O2. The predicted molar refractivity (Wildman–Crippen MR) is 163 cm³/mol. The summed E-state index contributed by atoms with van der Waals surface area (Å²) in [7, 11) is 0. The second kappa shape index (κ2) is 15.0. The average Bonchev–Trinajstić information content (AvgIpc) is 2.96. The molecule has 2 unspecified atom stereocenters. The van der Waals surface area contributed by atoms with E-state index in [-0.39, 0.29) is 13.2 Å². The first-order valence-corrected chi connectivity index (χ1v) is 14.4. The van der Waals surface area contributed by atoms with Gasteiger partial charge in [-0.2, -0.15) is 0 Å². The Kier molecular flexibility index (Phi) is 11.2. The van der Waals surface area contributed by atoms with Gasteiger partial charge in [0.25, 0.3) is 0 Å². The van der Waals surface area contributed by atoms with E-state index < -0.39 is 0 Å². The summed E-state index contributed by atoms with van der Waals surface area (Å²) in [5.74, 6) is 0. The number of hydrogen-bond donors (Lipinski definition) is 3. The molecule has 0 spiro atoms. The summed E-state index contributed by atoms with van der Waals surface area (Å²) in [6.45, 7) is 11.9. The summed E-state index contributed by atoms with van der Waals surface area (Å²) in [5.41, 5.74) is 6.60. The molecule has 3 N–H and O–H groups in total. The molecule has 3 aromatic rings. The van der Waals surface area contributed by atoms with E-state index in [9.17, 15) is 5.11 Å². The van der Waals surface area contributed by atoms with E-state index >= 15 is 0 Å². The molecule has 6 nitrogen and oxygen atoms in total. The molecule has 0 bridgehead atoms. The number of rotatable bonds is 8. The topological polar surface area (TPSA) is 62.2 Å². The van der Waals surface area contributed by atoms with Gasteiger partial charge in [-0.05, 0) is 55.5 Å². The van der Waals surface area contributed by atoms with Crippen molar-refractivity contribution in [2.45, 2.75) is 45.3 Å². The van der Waals surface area contributed by atoms with Crippen LogP contribution >= 0.6 is 0 Å². The van der Waals surface area contributed by atoms with Crippen LogP contribution < -0.4 is 15.1 Å². The number of nitrogens with zero attached hydrogens (tertiary/aromatic N) is 3. The van der Waals surface area contributed by atoms with Crippen LogP contribution in [0.1, 0.15) is 29.5 Å². The summed E-state index contributed by atoms with van der Waals surface area (Å²) < 4.78 is 0. The van der Waals surface area contributed by atoms with Crippen molar-refractivity contribution in [3.8, 4) is 0 Å². The molecule has 0 aliphatic carbocycles. The van der Waals surface area contributed by atoms with E-state index in [2.05, 4.69) is 113 Å². The van der Waals surface area contributed by atoms with Crippen molar-refractivity contribution >= 4 is 11.4 Å². The lowest BCUT2D eigenvalue weighted by molar-refractivity contribution is 0.188. The molecule has 2 fully saturated rings. The van der Waals surface area contributed by atoms with Gasteiger partial charge in [0.15, 0.2) is 0 Å². The monoisotopic (exact) mass is 530 g/mol. The zero-order valence-electron chi connectivity index (χ0n) is 23.7. The normalized spacial score (nSPS) is 19.9. The van der Waals surface area contributed by atoms with E-state index in [0.717, 1.165) is 58.7 Å². The van der Waals surface area contributed by atoms with Crippen molar-refractivity contribution < 1.29 is 10.2 Å². The Labute approximate surface area is 234 Å². The molecule has 5 rings (SSSR count). The van der Waals surface area contributed by atoms with Gasteiger partial charge in [-0.1, -0.05) is 66.7 Å². The van der Waals surface area contributed by atoms with Gasteiger partial charge >= 0.3 is 0 Å². The Bertz CT molecular complexity index is 1120. The minimum atomic E-state index is 0.242. The van der Waals surface area contributed by atoms with Crippen LogP contribution in [0.2, 0.25) is 0 Å². The smallest absolute Gasteiger partial charge is 0.0451 e. The Hall–Kier alpha value is -2.90. The largest absolute Gasteiger partial charge is 0.396 e. The van der Waals surface area contributed by atoms with Crippen molar-refractivity contribution in [1.29, 1.82) is 0 Å². The number of piperazine rings is 2. The second-order valence-electron chi connectivity index (χ2n) is 10.7. The van der Waals surface area contributed by atoms with Gasteiger partial charge in [0, 0.05) is 82.5 Å². The Balaban J connectivity index is 0.000000193. The summed E-state index contributed by atoms with van der Waals surface area (Å²) in [4.78, 5) is 7.40. The van der Waals surface area contributed by atoms with Crippen LogP contribution in [0.15, 0.2) is 78.9 Å². The van der Waals surface area contributed by atoms with E-state index in [1.807, 2.05) is 0 Å². The minimum absolute atomic E-state index is 0.242. The average molecular weight is 531 g/mol. The third kappa shape index (κ3) is 8.05. The fraction of sp³-hybridized carbons (Fsp3) is 0.455. The molecule has 2 atom stereocenters. The van der Waals surface area contributed by atoms with E-state index in [0.29, 0.717) is 12.1 Å². The maximum Gasteiger partial charge on any atom is 0.0451 e. The van der Waals surface area contributed by atoms with Gasteiger partial charge in [-0.15, -0.1) is 0 Å². The highest BCUT2D eigenvalue weighted by atomic mass is 16.3. The molecule has 2 aliphatic heterocycles. The molecule has 0 amide bonds. The van der Waals surface area contributed by atoms with Crippen LogP contribution in [0.5, 0.6) is 0 Å². The molecule has 3 aromatic carbocycles. The quantitative estimate of drug-likeness (QED) is 0.405. The summed E-state index contributed by atoms with van der Waals surface area (Å²) in [6, 6.07) is 28.5. The SMILES string of the molecule is Cc1ccccc1N1CCN(Cc2ccccc2)CC1CCO.Cc1ccccc1N1CCNCC1CCO. The number of aliphatic hydroxyl groups excluding tert-OH is 2. The molecule has 0 radical (unpaired) electrons. The van der Waals surface area contributed by atoms with Crippen molar-refractivity contribution in [3.05, 3.63) is 95.6 Å². The Morgan fingerprint density at radius 2 is 1.26 bits per heavy atom. The van der Waals surface area contributed by atoms with Crippen LogP contribution in [0.25, 0.3) is 0 Å². The van der Waals surface area contributed by atoms with E-state index in [4.69, 9.17) is 5.11 Å². The number of hydrogen-bond acceptors (Lipinski definition) is 6. The van der Waals surface area contributed by atoms with Crippen LogP contribution in [0.3, 0.4) is 0 Å². The third-order valence-corrected chi connectivity index (χ3v) is 7.94. The summed E-state index contributed by atoms with van der Waals surface area (Å²) in [5, 5.41) is 22.0. The fourth-order valence-corrected chi connectivity index (χ4v) is 5.87. The molecule has 0 saturated carbocycles. The van der Waals surface area contributed by atoms with Crippen molar-refractivity contribution in [2.24, 2.45) is 0 Å². The standard InChI is InChI=1S/C20H26N2O.C13H20N2O/c1-17-7-5-6-10-20(17)22-13-12-21(16-19(22)11-14-23)15-18-8-3-2-4-9-18;1-11-4-2-3-5-13(11)15-8-7-14-10-12(15)6-9-16/h2-10,19,23H,11-16H2,1H3;2-5,12,14,16H,6-10H2,1H3. The van der Waals surface area contributed by atoms with Crippen LogP contribution in [0, 0.1) is 13.8 Å². The number of aliphatic hydroxyl groups is 2. The molecule has 2 heterocycles. The highest BCUT2D eigenvalue weighted by Crippen LogP contribution is 2.26. The number of anilines is 2. The molecule has 2 saturated heterocycles. The molecule has 2 aliphatic rings. The van der Waals surface area contributed by atoms with Gasteiger partial charge in [0.2, 0.25) is 0 Å². The third-order valence-electron chi connectivity index (χ3n) is 7.94. The fourth-order valence-electron chi connectivity index (χ4n) is 5.87. The number of aryl methyl sites for hydroxylation is 2. The van der Waals surface area contributed by atoms with Crippen LogP contribution in [-0.4, -0.2) is 79.7 Å². The second-order valence-corrected chi connectivity index (χ2v) is 10.7. The molecule has 210 valence electrons. The van der Waals surface area contributed by atoms with E-state index in [1.54, 1.807) is 0 Å². The van der Waals surface area contributed by atoms with Crippen molar-refractivity contribution in [3.63, 3.8) is 0 Å². The Morgan fingerprint density at radius 3 is 1.87 bits per heavy atom. The summed E-state index contributed by atoms with van der Waals surface area (Å²) in [6.07, 6.45) is 1.65. The highest BCUT2D eigenvalue weighted by Gasteiger charge is 2.27. The minimum Gasteiger partial charge on any atom is -0.396 e. The van der Waals surface area contributed by atoms with Crippen molar-refractivity contribution in [1.82, 2.24) is 10.2 Å². The Morgan fingerprint density at radius 1 is 0.692 bits per heavy atom. The molecule has 6 heteroatoms. The highest BCUT2D eigenvalue weighted by molar-refractivity contribution is 5.55. The van der Waals surface area contributed by atoms with Crippen LogP contribution in [0.4, 0.5) is 11.4 Å². The maximum absolute atomic E-state index is 9.48. The first-order valence-electron chi connectivity index (χ1n) is 14.4. The van der Waals surface area contributed by atoms with Gasteiger partial charge in [0.05, 0.1) is 0 Å². The van der Waals surface area contributed by atoms with E-state index in [1.165, 1.54) is 28.1 Å². The lowest BCUT2D eigenvalue weighted by atomic mass is 10.0. The van der Waals surface area contributed by atoms with Gasteiger partial charge in [-0.25, -0.2) is 0 Å². The van der Waals surface area contributed by atoms with Gasteiger partial charge in [-0.3, -0.25) is 4.90 Å². The van der Waals surface area contributed by atoms with Gasteiger partial charge in [0.1, 0.15) is 0 Å². The molecular weight excluding hydrogens is 484 g/mol. The number of nitrogens with one attached hydrogen (secondary N) is 1.